The summed E-state index contributed by atoms with van der Waals surface area (Å²) < 4.78 is 4.34. The van der Waals surface area contributed by atoms with Gasteiger partial charge in [0.2, 0.25) is 0 Å². The first-order valence-electron chi connectivity index (χ1n) is 20.5. The fraction of sp³-hybridized carbons (Fsp3) is 0. The molecule has 2 heterocycles. The van der Waals surface area contributed by atoms with Crippen molar-refractivity contribution in [2.45, 2.75) is 0 Å². The summed E-state index contributed by atoms with van der Waals surface area (Å²) in [5.41, 5.74) is 13.7. The monoisotopic (exact) mass is 788 g/mol. The molecule has 12 rings (SSSR count). The Balaban J connectivity index is 0.931. The van der Waals surface area contributed by atoms with E-state index in [-0.39, 0.29) is 0 Å². The van der Waals surface area contributed by atoms with Crippen LogP contribution in [0.5, 0.6) is 0 Å². The van der Waals surface area contributed by atoms with Gasteiger partial charge in [0, 0.05) is 22.5 Å². The number of nitriles is 2. The topological polar surface area (TPSA) is 83.2 Å². The molecule has 0 bridgehead atoms. The minimum Gasteiger partial charge on any atom is -0.292 e. The first-order valence-corrected chi connectivity index (χ1v) is 20.5. The summed E-state index contributed by atoms with van der Waals surface area (Å²) in [4.78, 5) is 10.2. The van der Waals surface area contributed by atoms with Gasteiger partial charge < -0.3 is 0 Å². The van der Waals surface area contributed by atoms with Crippen molar-refractivity contribution >= 4 is 54.4 Å². The van der Waals surface area contributed by atoms with E-state index >= 15 is 0 Å². The van der Waals surface area contributed by atoms with Crippen LogP contribution in [0.25, 0.3) is 111 Å². The molecule has 6 heteroatoms. The van der Waals surface area contributed by atoms with Crippen molar-refractivity contribution in [2.24, 2.45) is 0 Å². The highest BCUT2D eigenvalue weighted by atomic mass is 15.1. The van der Waals surface area contributed by atoms with Crippen LogP contribution in [0.1, 0.15) is 11.1 Å². The number of para-hydroxylation sites is 4. The lowest BCUT2D eigenvalue weighted by atomic mass is 9.87. The number of imidazole rings is 2. The van der Waals surface area contributed by atoms with Crippen LogP contribution >= 0.6 is 0 Å². The van der Waals surface area contributed by atoms with Gasteiger partial charge in [0.05, 0.1) is 45.3 Å². The molecule has 0 saturated carbocycles. The molecule has 0 fully saturated rings. The number of aromatic nitrogens is 4. The van der Waals surface area contributed by atoms with Crippen molar-refractivity contribution in [2.75, 3.05) is 0 Å². The van der Waals surface area contributed by atoms with Gasteiger partial charge in [0.25, 0.3) is 0 Å². The minimum atomic E-state index is 0.624. The highest BCUT2D eigenvalue weighted by molar-refractivity contribution is 6.27. The third-order valence-electron chi connectivity index (χ3n) is 12.2. The van der Waals surface area contributed by atoms with E-state index < -0.39 is 0 Å². The SMILES string of the molecule is N#Cc1ccc(-n2c(-c3ccc(-c4ccc5ccc6c(-c7ccc(-c8nc9ccccc9n8-c8ccc(C#N)cc8)cc7)ccc7ccc4c5c76)cc3)nc3ccccc32)cc1. The van der Waals surface area contributed by atoms with Gasteiger partial charge in [0.1, 0.15) is 11.6 Å². The largest absolute Gasteiger partial charge is 0.292 e. The van der Waals surface area contributed by atoms with Gasteiger partial charge in [-0.25, -0.2) is 9.97 Å². The Morgan fingerprint density at radius 3 is 1.13 bits per heavy atom. The van der Waals surface area contributed by atoms with E-state index in [1.165, 1.54) is 43.4 Å². The summed E-state index contributed by atoms with van der Waals surface area (Å²) in [6.45, 7) is 0. The van der Waals surface area contributed by atoms with Crippen LogP contribution in [0.15, 0.2) is 194 Å². The van der Waals surface area contributed by atoms with E-state index in [9.17, 15) is 10.5 Å². The Morgan fingerprint density at radius 2 is 0.726 bits per heavy atom. The lowest BCUT2D eigenvalue weighted by Crippen LogP contribution is -1.98. The molecule has 0 spiro atoms. The van der Waals surface area contributed by atoms with Crippen LogP contribution in [-0.4, -0.2) is 19.1 Å². The van der Waals surface area contributed by atoms with E-state index in [0.29, 0.717) is 11.1 Å². The molecule has 0 aliphatic heterocycles. The van der Waals surface area contributed by atoms with Crippen molar-refractivity contribution in [3.05, 3.63) is 205 Å². The zero-order valence-electron chi connectivity index (χ0n) is 33.2. The Morgan fingerprint density at radius 1 is 0.355 bits per heavy atom. The first kappa shape index (κ1) is 35.1. The van der Waals surface area contributed by atoms with Crippen molar-refractivity contribution in [1.29, 1.82) is 10.5 Å². The predicted molar refractivity (Wildman–Crippen MR) is 251 cm³/mol. The summed E-state index contributed by atoms with van der Waals surface area (Å²) in [7, 11) is 0. The number of hydrogen-bond acceptors (Lipinski definition) is 4. The van der Waals surface area contributed by atoms with Crippen LogP contribution in [0.2, 0.25) is 0 Å². The van der Waals surface area contributed by atoms with Gasteiger partial charge in [-0.05, 0) is 127 Å². The second-order valence-electron chi connectivity index (χ2n) is 15.6. The molecule has 0 radical (unpaired) electrons. The van der Waals surface area contributed by atoms with E-state index in [4.69, 9.17) is 9.97 Å². The molecule has 12 aromatic rings. The molecule has 0 atom stereocenters. The van der Waals surface area contributed by atoms with Crippen LogP contribution in [0.3, 0.4) is 0 Å². The van der Waals surface area contributed by atoms with Crippen LogP contribution in [-0.2, 0) is 0 Å². The number of fused-ring (bicyclic) bond motifs is 2. The maximum absolute atomic E-state index is 9.42. The number of rotatable bonds is 6. The molecule has 0 unspecified atom stereocenters. The molecule has 10 aromatic carbocycles. The predicted octanol–water partition coefficient (Wildman–Crippen LogP) is 13.7. The molecule has 286 valence electrons. The van der Waals surface area contributed by atoms with Gasteiger partial charge in [-0.1, -0.05) is 121 Å². The fourth-order valence-electron chi connectivity index (χ4n) is 9.23. The number of nitrogens with zero attached hydrogens (tertiary/aromatic N) is 6. The summed E-state index contributed by atoms with van der Waals surface area (Å²) in [6, 6.07) is 71.6. The molecule has 0 aliphatic carbocycles. The summed E-state index contributed by atoms with van der Waals surface area (Å²) in [6.07, 6.45) is 0. The zero-order chi connectivity index (χ0) is 41.3. The van der Waals surface area contributed by atoms with Gasteiger partial charge >= 0.3 is 0 Å². The van der Waals surface area contributed by atoms with E-state index in [1.54, 1.807) is 0 Å². The number of benzene rings is 10. The zero-order valence-corrected chi connectivity index (χ0v) is 33.2. The second kappa shape index (κ2) is 13.9. The Labute approximate surface area is 356 Å². The maximum Gasteiger partial charge on any atom is 0.145 e. The molecule has 0 saturated heterocycles. The van der Waals surface area contributed by atoms with E-state index in [1.807, 2.05) is 84.9 Å². The minimum absolute atomic E-state index is 0.624. The van der Waals surface area contributed by atoms with Crippen LogP contribution in [0, 0.1) is 22.7 Å². The lowest BCUT2D eigenvalue weighted by molar-refractivity contribution is 1.10. The molecule has 0 N–H and O–H groups in total. The van der Waals surface area contributed by atoms with Gasteiger partial charge in [-0.15, -0.1) is 0 Å². The van der Waals surface area contributed by atoms with Crippen molar-refractivity contribution in [3.63, 3.8) is 0 Å². The normalized spacial score (nSPS) is 11.5. The van der Waals surface area contributed by atoms with Crippen molar-refractivity contribution in [1.82, 2.24) is 19.1 Å². The van der Waals surface area contributed by atoms with Crippen LogP contribution in [0.4, 0.5) is 0 Å². The summed E-state index contributed by atoms with van der Waals surface area (Å²) in [5, 5.41) is 26.2. The fourth-order valence-corrected chi connectivity index (χ4v) is 9.23. The molecule has 0 aliphatic rings. The third kappa shape index (κ3) is 5.49. The smallest absolute Gasteiger partial charge is 0.145 e. The molecular weight excluding hydrogens is 757 g/mol. The summed E-state index contributed by atoms with van der Waals surface area (Å²) in [5.74, 6) is 1.70. The Kier molecular flexibility index (Phi) is 7.87. The Hall–Kier alpha value is -8.84. The molecule has 6 nitrogen and oxygen atoms in total. The highest BCUT2D eigenvalue weighted by Gasteiger charge is 2.19. The maximum atomic E-state index is 9.42. The number of hydrogen-bond donors (Lipinski definition) is 0. The van der Waals surface area contributed by atoms with Gasteiger partial charge in [-0.2, -0.15) is 10.5 Å². The van der Waals surface area contributed by atoms with Gasteiger partial charge in [0.15, 0.2) is 0 Å². The average Bonchev–Trinajstić information content (AvgIpc) is 3.93. The van der Waals surface area contributed by atoms with Crippen molar-refractivity contribution in [3.8, 4) is 68.5 Å². The average molecular weight is 789 g/mol. The van der Waals surface area contributed by atoms with Gasteiger partial charge in [-0.3, -0.25) is 9.13 Å². The molecule has 62 heavy (non-hydrogen) atoms. The first-order chi connectivity index (χ1) is 30.6. The van der Waals surface area contributed by atoms with E-state index in [2.05, 4.69) is 130 Å². The highest BCUT2D eigenvalue weighted by Crippen LogP contribution is 2.43. The molecule has 0 amide bonds. The van der Waals surface area contributed by atoms with Crippen molar-refractivity contribution < 1.29 is 0 Å². The van der Waals surface area contributed by atoms with Crippen LogP contribution < -0.4 is 0 Å². The lowest BCUT2D eigenvalue weighted by Gasteiger charge is -2.17. The Bertz CT molecular complexity index is 3530. The molecular formula is C56H32N6. The standard InChI is InChI=1S/C56H32N6/c57-33-35-9-25-43(26-10-35)61-51-7-3-1-5-49(51)59-55(61)41-17-13-37(14-18-41)45-29-21-39-24-32-48-46(30-22-40-23-31-47(45)53(39)54(40)48)38-15-19-42(20-16-38)56-60-50-6-2-4-8-52(50)62(56)44-27-11-36(34-58)12-28-44/h1-32H. The second-order valence-corrected chi connectivity index (χ2v) is 15.6. The third-order valence-corrected chi connectivity index (χ3v) is 12.2. The summed E-state index contributed by atoms with van der Waals surface area (Å²) >= 11 is 0. The van der Waals surface area contributed by atoms with E-state index in [0.717, 1.165) is 67.3 Å². The molecule has 2 aromatic heterocycles. The quantitative estimate of drug-likeness (QED) is 0.157.